The molecule has 0 radical (unpaired) electrons. The Morgan fingerprint density at radius 2 is 1.67 bits per heavy atom. The Morgan fingerprint density at radius 1 is 1.17 bits per heavy atom. The van der Waals surface area contributed by atoms with E-state index >= 15 is 0 Å². The van der Waals surface area contributed by atoms with Crippen LogP contribution in [-0.4, -0.2) is 5.11 Å². The molecule has 0 spiro atoms. The first kappa shape index (κ1) is 11.7. The summed E-state index contributed by atoms with van der Waals surface area (Å²) in [5.74, 6) is 1.03. The molecule has 0 amide bonds. The number of aromatic hydroxyl groups is 1. The fourth-order valence-corrected chi connectivity index (χ4v) is 1.10. The zero-order valence-electron chi connectivity index (χ0n) is 7.45. The molecule has 0 aliphatic carbocycles. The molecule has 0 atom stereocenters. The number of hydrogen-bond donors (Lipinski definition) is 1. The van der Waals surface area contributed by atoms with Crippen molar-refractivity contribution in [2.24, 2.45) is 5.92 Å². The van der Waals surface area contributed by atoms with Gasteiger partial charge in [0.1, 0.15) is 5.75 Å². The van der Waals surface area contributed by atoms with E-state index in [-0.39, 0.29) is 21.1 Å². The maximum Gasteiger partial charge on any atom is 0.115 e. The van der Waals surface area contributed by atoms with Crippen LogP contribution in [0.4, 0.5) is 0 Å². The average Bonchev–Trinajstić information content (AvgIpc) is 1.93. The number of rotatable bonds is 2. The van der Waals surface area contributed by atoms with Crippen LogP contribution in [0, 0.1) is 5.92 Å². The third-order valence-corrected chi connectivity index (χ3v) is 1.58. The Kier molecular flexibility index (Phi) is 5.24. The van der Waals surface area contributed by atoms with Crippen molar-refractivity contribution in [3.8, 4) is 5.75 Å². The van der Waals surface area contributed by atoms with E-state index < -0.39 is 0 Å². The van der Waals surface area contributed by atoms with E-state index in [0.717, 1.165) is 6.42 Å². The van der Waals surface area contributed by atoms with E-state index in [1.165, 1.54) is 5.56 Å². The van der Waals surface area contributed by atoms with E-state index in [1.807, 2.05) is 12.1 Å². The normalized spacial score (nSPS) is 9.58. The maximum atomic E-state index is 8.99. The van der Waals surface area contributed by atoms with Gasteiger partial charge in [0, 0.05) is 21.1 Å². The van der Waals surface area contributed by atoms with Crippen molar-refractivity contribution in [1.82, 2.24) is 0 Å². The molecule has 1 rings (SSSR count). The summed E-state index contributed by atoms with van der Waals surface area (Å²) in [5.41, 5.74) is 1.29. The molecular weight excluding hydrogens is 320 g/mol. The summed E-state index contributed by atoms with van der Waals surface area (Å²) in [7, 11) is 0. The largest absolute Gasteiger partial charge is 0.508 e. The zero-order valence-corrected chi connectivity index (χ0v) is 10.4. The van der Waals surface area contributed by atoms with E-state index in [1.54, 1.807) is 12.1 Å². The van der Waals surface area contributed by atoms with Crippen molar-refractivity contribution in [1.29, 1.82) is 0 Å². The van der Waals surface area contributed by atoms with Crippen LogP contribution in [0.5, 0.6) is 5.75 Å². The molecule has 0 unspecified atom stereocenters. The van der Waals surface area contributed by atoms with Gasteiger partial charge in [-0.05, 0) is 30.0 Å². The smallest absolute Gasteiger partial charge is 0.115 e. The summed E-state index contributed by atoms with van der Waals surface area (Å²) < 4.78 is 0. The quantitative estimate of drug-likeness (QED) is 0.882. The first-order valence-corrected chi connectivity index (χ1v) is 3.96. The molecule has 0 saturated heterocycles. The Balaban J connectivity index is 0.00000121. The van der Waals surface area contributed by atoms with Gasteiger partial charge in [-0.15, -0.1) is 0 Å². The summed E-state index contributed by atoms with van der Waals surface area (Å²) >= 11 is 0. The van der Waals surface area contributed by atoms with Gasteiger partial charge in [0.15, 0.2) is 0 Å². The topological polar surface area (TPSA) is 20.2 Å². The minimum Gasteiger partial charge on any atom is -0.508 e. The fourth-order valence-electron chi connectivity index (χ4n) is 1.10. The SMILES string of the molecule is CC(C)Cc1ccc(O)cc1.[W]. The summed E-state index contributed by atoms with van der Waals surface area (Å²) in [6, 6.07) is 7.40. The van der Waals surface area contributed by atoms with Gasteiger partial charge in [0.05, 0.1) is 0 Å². The molecule has 0 heterocycles. The Labute approximate surface area is 88.1 Å². The Morgan fingerprint density at radius 3 is 2.08 bits per heavy atom. The van der Waals surface area contributed by atoms with Crippen LogP contribution in [0.3, 0.4) is 0 Å². The molecule has 0 bridgehead atoms. The van der Waals surface area contributed by atoms with Gasteiger partial charge in [-0.1, -0.05) is 26.0 Å². The van der Waals surface area contributed by atoms with Crippen molar-refractivity contribution >= 4 is 0 Å². The molecule has 0 aliphatic heterocycles. The van der Waals surface area contributed by atoms with Gasteiger partial charge >= 0.3 is 0 Å². The summed E-state index contributed by atoms with van der Waals surface area (Å²) in [4.78, 5) is 0. The van der Waals surface area contributed by atoms with Crippen LogP contribution in [0.1, 0.15) is 19.4 Å². The van der Waals surface area contributed by atoms with E-state index in [0.29, 0.717) is 11.7 Å². The molecule has 66 valence electrons. The second-order valence-corrected chi connectivity index (χ2v) is 3.26. The average molecular weight is 334 g/mol. The van der Waals surface area contributed by atoms with E-state index in [9.17, 15) is 0 Å². The van der Waals surface area contributed by atoms with Gasteiger partial charge in [0.25, 0.3) is 0 Å². The predicted octanol–water partition coefficient (Wildman–Crippen LogP) is 2.59. The predicted molar refractivity (Wildman–Crippen MR) is 46.6 cm³/mol. The first-order valence-electron chi connectivity index (χ1n) is 3.96. The van der Waals surface area contributed by atoms with Crippen molar-refractivity contribution in [2.75, 3.05) is 0 Å². The van der Waals surface area contributed by atoms with Crippen LogP contribution in [-0.2, 0) is 27.5 Å². The van der Waals surface area contributed by atoms with Crippen LogP contribution in [0.25, 0.3) is 0 Å². The second kappa shape index (κ2) is 5.37. The van der Waals surface area contributed by atoms with Gasteiger partial charge in [0.2, 0.25) is 0 Å². The van der Waals surface area contributed by atoms with Crippen molar-refractivity contribution in [2.45, 2.75) is 20.3 Å². The van der Waals surface area contributed by atoms with Gasteiger partial charge in [-0.3, -0.25) is 0 Å². The molecule has 0 fully saturated rings. The van der Waals surface area contributed by atoms with Gasteiger partial charge < -0.3 is 5.11 Å². The number of benzene rings is 1. The number of phenolic OH excluding ortho intramolecular Hbond substituents is 1. The number of phenols is 1. The van der Waals surface area contributed by atoms with Crippen LogP contribution >= 0.6 is 0 Å². The molecule has 1 aromatic rings. The summed E-state index contributed by atoms with van der Waals surface area (Å²) in [6.45, 7) is 4.37. The standard InChI is InChI=1S/C10H14O.W/c1-8(2)7-9-3-5-10(11)6-4-9;/h3-6,8,11H,7H2,1-2H3;. The van der Waals surface area contributed by atoms with Crippen LogP contribution in [0.2, 0.25) is 0 Å². The fraction of sp³-hybridized carbons (Fsp3) is 0.400. The summed E-state index contributed by atoms with van der Waals surface area (Å²) in [6.07, 6.45) is 1.08. The minimum absolute atomic E-state index is 0. The van der Waals surface area contributed by atoms with Crippen LogP contribution in [0.15, 0.2) is 24.3 Å². The van der Waals surface area contributed by atoms with E-state index in [4.69, 9.17) is 5.11 Å². The number of hydrogen-bond acceptors (Lipinski definition) is 1. The minimum atomic E-state index is 0. The molecular formula is C10H14OW. The van der Waals surface area contributed by atoms with Gasteiger partial charge in [-0.25, -0.2) is 0 Å². The molecule has 0 saturated carbocycles. The monoisotopic (exact) mass is 334 g/mol. The summed E-state index contributed by atoms with van der Waals surface area (Å²) in [5, 5.41) is 8.99. The molecule has 1 nitrogen and oxygen atoms in total. The third kappa shape index (κ3) is 3.92. The van der Waals surface area contributed by atoms with E-state index in [2.05, 4.69) is 13.8 Å². The first-order chi connectivity index (χ1) is 5.18. The Bertz CT molecular complexity index is 216. The Hall–Kier alpha value is -0.292. The van der Waals surface area contributed by atoms with Gasteiger partial charge in [-0.2, -0.15) is 0 Å². The van der Waals surface area contributed by atoms with Crippen molar-refractivity contribution in [3.63, 3.8) is 0 Å². The molecule has 2 heteroatoms. The third-order valence-electron chi connectivity index (χ3n) is 1.58. The molecule has 1 N–H and O–H groups in total. The van der Waals surface area contributed by atoms with Crippen LogP contribution < -0.4 is 0 Å². The van der Waals surface area contributed by atoms with Crippen molar-refractivity contribution < 1.29 is 26.2 Å². The van der Waals surface area contributed by atoms with Crippen molar-refractivity contribution in [3.05, 3.63) is 29.8 Å². The molecule has 1 aromatic carbocycles. The molecule has 0 aromatic heterocycles. The zero-order chi connectivity index (χ0) is 8.27. The molecule has 12 heavy (non-hydrogen) atoms. The maximum absolute atomic E-state index is 8.99. The molecule has 0 aliphatic rings. The second-order valence-electron chi connectivity index (χ2n) is 3.26.